The van der Waals surface area contributed by atoms with Crippen molar-refractivity contribution >= 4 is 22.0 Å². The third-order valence-corrected chi connectivity index (χ3v) is 4.17. The minimum absolute atomic E-state index is 0.0231. The summed E-state index contributed by atoms with van der Waals surface area (Å²) in [6, 6.07) is 8.14. The molecular weight excluding hydrogens is 308 g/mol. The predicted octanol–water partition coefficient (Wildman–Crippen LogP) is 2.33. The van der Waals surface area contributed by atoms with Crippen LogP contribution in [0.2, 0.25) is 0 Å². The van der Waals surface area contributed by atoms with E-state index in [4.69, 9.17) is 5.11 Å². The van der Waals surface area contributed by atoms with E-state index < -0.39 is 0 Å². The molecule has 2 amide bonds. The zero-order valence-electron chi connectivity index (χ0n) is 11.1. The van der Waals surface area contributed by atoms with Crippen LogP contribution in [0, 0.1) is 0 Å². The monoisotopic (exact) mass is 326 g/mol. The number of aliphatic hydroxyl groups is 1. The Bertz CT molecular complexity index is 449. The van der Waals surface area contributed by atoms with Crippen LogP contribution in [0.25, 0.3) is 0 Å². The molecule has 3 atom stereocenters. The van der Waals surface area contributed by atoms with E-state index >= 15 is 0 Å². The molecule has 1 aliphatic rings. The number of hydrogen-bond acceptors (Lipinski definition) is 2. The van der Waals surface area contributed by atoms with Crippen LogP contribution in [0.15, 0.2) is 28.7 Å². The maximum absolute atomic E-state index is 11.9. The number of aliphatic hydroxyl groups excluding tert-OH is 1. The summed E-state index contributed by atoms with van der Waals surface area (Å²) >= 11 is 3.41. The zero-order valence-corrected chi connectivity index (χ0v) is 12.7. The molecule has 4 nitrogen and oxygen atoms in total. The second-order valence-electron chi connectivity index (χ2n) is 5.09. The fraction of sp³-hybridized carbons (Fsp3) is 0.500. The second-order valence-corrected chi connectivity index (χ2v) is 6.01. The summed E-state index contributed by atoms with van der Waals surface area (Å²) in [5, 5.41) is 12.0. The molecule has 2 rings (SSSR count). The number of hydrogen-bond donors (Lipinski definition) is 2. The number of urea groups is 1. The highest BCUT2D eigenvalue weighted by atomic mass is 79.9. The lowest BCUT2D eigenvalue weighted by Crippen LogP contribution is -2.44. The number of likely N-dealkylation sites (N-methyl/N-ethyl adjacent to an activating group) is 1. The molecule has 0 aliphatic heterocycles. The molecule has 3 unspecified atom stereocenters. The van der Waals surface area contributed by atoms with Crippen LogP contribution in [0.3, 0.4) is 0 Å². The van der Waals surface area contributed by atoms with Crippen molar-refractivity contribution in [2.75, 3.05) is 13.7 Å². The predicted molar refractivity (Wildman–Crippen MR) is 78.1 cm³/mol. The lowest BCUT2D eigenvalue weighted by molar-refractivity contribution is 0.157. The van der Waals surface area contributed by atoms with Crippen LogP contribution >= 0.6 is 15.9 Å². The number of carbonyl (C=O) groups is 1. The fourth-order valence-electron chi connectivity index (χ4n) is 2.02. The quantitative estimate of drug-likeness (QED) is 0.892. The van der Waals surface area contributed by atoms with Gasteiger partial charge in [0.25, 0.3) is 0 Å². The first-order chi connectivity index (χ1) is 9.02. The first-order valence-electron chi connectivity index (χ1n) is 6.42. The topological polar surface area (TPSA) is 52.6 Å². The maximum atomic E-state index is 11.9. The number of halogens is 1. The smallest absolute Gasteiger partial charge is 0.317 e. The van der Waals surface area contributed by atoms with Crippen molar-refractivity contribution < 1.29 is 9.90 Å². The summed E-state index contributed by atoms with van der Waals surface area (Å²) in [7, 11) is 1.70. The van der Waals surface area contributed by atoms with E-state index in [0.29, 0.717) is 5.92 Å². The Morgan fingerprint density at radius 1 is 1.53 bits per heavy atom. The molecule has 2 N–H and O–H groups in total. The van der Waals surface area contributed by atoms with Gasteiger partial charge in [-0.05, 0) is 31.0 Å². The molecule has 1 aromatic rings. The third kappa shape index (κ3) is 3.48. The SMILES string of the molecule is CC(CO)N(C)C(=O)NC1CC1c1ccc(Br)cc1. The molecule has 0 bridgehead atoms. The summed E-state index contributed by atoms with van der Waals surface area (Å²) in [5.74, 6) is 0.412. The van der Waals surface area contributed by atoms with Crippen molar-refractivity contribution in [1.82, 2.24) is 10.2 Å². The highest BCUT2D eigenvalue weighted by molar-refractivity contribution is 9.10. The van der Waals surface area contributed by atoms with E-state index in [2.05, 4.69) is 33.4 Å². The molecule has 0 saturated heterocycles. The number of nitrogens with one attached hydrogen (secondary N) is 1. The van der Waals surface area contributed by atoms with Crippen LogP contribution in [-0.4, -0.2) is 41.8 Å². The molecular formula is C14H19BrN2O2. The minimum Gasteiger partial charge on any atom is -0.394 e. The molecule has 1 aromatic carbocycles. The normalized spacial score (nSPS) is 22.7. The molecule has 0 aromatic heterocycles. The van der Waals surface area contributed by atoms with Crippen LogP contribution in [0.4, 0.5) is 4.79 Å². The van der Waals surface area contributed by atoms with Gasteiger partial charge in [0.05, 0.1) is 12.6 Å². The van der Waals surface area contributed by atoms with Crippen molar-refractivity contribution in [3.63, 3.8) is 0 Å². The number of rotatable bonds is 4. The van der Waals surface area contributed by atoms with E-state index in [1.165, 1.54) is 10.5 Å². The Morgan fingerprint density at radius 3 is 2.74 bits per heavy atom. The first-order valence-corrected chi connectivity index (χ1v) is 7.22. The average Bonchev–Trinajstić information content (AvgIpc) is 3.16. The molecule has 19 heavy (non-hydrogen) atoms. The van der Waals surface area contributed by atoms with Crippen LogP contribution in [-0.2, 0) is 0 Å². The van der Waals surface area contributed by atoms with Crippen molar-refractivity contribution in [2.24, 2.45) is 0 Å². The average molecular weight is 327 g/mol. The lowest BCUT2D eigenvalue weighted by atomic mass is 10.1. The van der Waals surface area contributed by atoms with E-state index in [0.717, 1.165) is 10.9 Å². The minimum atomic E-state index is -0.162. The number of carbonyl (C=O) groups excluding carboxylic acids is 1. The Labute approximate surface area is 121 Å². The van der Waals surface area contributed by atoms with Gasteiger partial charge in [0.2, 0.25) is 0 Å². The summed E-state index contributed by atoms with van der Waals surface area (Å²) in [4.78, 5) is 13.5. The van der Waals surface area contributed by atoms with Crippen LogP contribution < -0.4 is 5.32 Å². The van der Waals surface area contributed by atoms with Crippen LogP contribution in [0.1, 0.15) is 24.8 Å². The molecule has 104 valence electrons. The van der Waals surface area contributed by atoms with Gasteiger partial charge in [-0.3, -0.25) is 0 Å². The van der Waals surface area contributed by atoms with Crippen molar-refractivity contribution in [1.29, 1.82) is 0 Å². The van der Waals surface area contributed by atoms with Gasteiger partial charge in [-0.25, -0.2) is 4.79 Å². The van der Waals surface area contributed by atoms with Gasteiger partial charge >= 0.3 is 6.03 Å². The van der Waals surface area contributed by atoms with Crippen molar-refractivity contribution in [2.45, 2.75) is 31.3 Å². The van der Waals surface area contributed by atoms with E-state index in [-0.39, 0.29) is 24.7 Å². The third-order valence-electron chi connectivity index (χ3n) is 3.64. The number of benzene rings is 1. The van der Waals surface area contributed by atoms with Gasteiger partial charge in [-0.2, -0.15) is 0 Å². The Hall–Kier alpha value is -1.07. The first kappa shape index (κ1) is 14.3. The molecule has 1 saturated carbocycles. The molecule has 0 spiro atoms. The molecule has 1 aliphatic carbocycles. The summed E-state index contributed by atoms with van der Waals surface area (Å²) in [6.07, 6.45) is 0.981. The molecule has 1 fully saturated rings. The Balaban J connectivity index is 1.87. The van der Waals surface area contributed by atoms with Gasteiger partial charge in [-0.1, -0.05) is 28.1 Å². The Morgan fingerprint density at radius 2 is 2.16 bits per heavy atom. The lowest BCUT2D eigenvalue weighted by Gasteiger charge is -2.23. The van der Waals surface area contributed by atoms with Gasteiger partial charge in [-0.15, -0.1) is 0 Å². The van der Waals surface area contributed by atoms with Gasteiger partial charge in [0.1, 0.15) is 0 Å². The number of amides is 2. The van der Waals surface area contributed by atoms with Crippen molar-refractivity contribution in [3.8, 4) is 0 Å². The standard InChI is InChI=1S/C14H19BrN2O2/c1-9(8-18)17(2)14(19)16-13-7-12(13)10-3-5-11(15)6-4-10/h3-6,9,12-13,18H,7-8H2,1-2H3,(H,16,19). The van der Waals surface area contributed by atoms with Crippen molar-refractivity contribution in [3.05, 3.63) is 34.3 Å². The Kier molecular flexibility index (Phi) is 4.47. The van der Waals surface area contributed by atoms with Gasteiger partial charge in [0.15, 0.2) is 0 Å². The molecule has 0 radical (unpaired) electrons. The maximum Gasteiger partial charge on any atom is 0.317 e. The molecule has 0 heterocycles. The van der Waals surface area contributed by atoms with Gasteiger partial charge < -0.3 is 15.3 Å². The molecule has 5 heteroatoms. The summed E-state index contributed by atoms with van der Waals surface area (Å²) < 4.78 is 1.06. The summed E-state index contributed by atoms with van der Waals surface area (Å²) in [6.45, 7) is 1.80. The van der Waals surface area contributed by atoms with Gasteiger partial charge in [0, 0.05) is 23.5 Å². The highest BCUT2D eigenvalue weighted by Gasteiger charge is 2.40. The van der Waals surface area contributed by atoms with Crippen LogP contribution in [0.5, 0.6) is 0 Å². The summed E-state index contributed by atoms with van der Waals surface area (Å²) in [5.41, 5.74) is 1.26. The second kappa shape index (κ2) is 5.92. The largest absolute Gasteiger partial charge is 0.394 e. The fourth-order valence-corrected chi connectivity index (χ4v) is 2.28. The van der Waals surface area contributed by atoms with E-state index in [9.17, 15) is 4.79 Å². The zero-order chi connectivity index (χ0) is 14.0. The highest BCUT2D eigenvalue weighted by Crippen LogP contribution is 2.41. The number of nitrogens with zero attached hydrogens (tertiary/aromatic N) is 1. The van der Waals surface area contributed by atoms with E-state index in [1.54, 1.807) is 7.05 Å². The van der Waals surface area contributed by atoms with E-state index in [1.807, 2.05) is 19.1 Å².